The monoisotopic (exact) mass is 266 g/mol. The molecular weight excluding hydrogens is 251 g/mol. The van der Waals surface area contributed by atoms with E-state index in [1.54, 1.807) is 6.92 Å². The van der Waals surface area contributed by atoms with Gasteiger partial charge in [0.1, 0.15) is 11.6 Å². The first-order valence-corrected chi connectivity index (χ1v) is 6.05. The molecule has 6 heteroatoms. The van der Waals surface area contributed by atoms with Crippen molar-refractivity contribution in [3.63, 3.8) is 0 Å². The molecular formula is C13H15FN2O3. The van der Waals surface area contributed by atoms with E-state index in [2.05, 4.69) is 0 Å². The number of ether oxygens (including phenoxy) is 1. The Morgan fingerprint density at radius 3 is 2.89 bits per heavy atom. The van der Waals surface area contributed by atoms with Crippen LogP contribution in [0.1, 0.15) is 13.3 Å². The number of halogens is 1. The van der Waals surface area contributed by atoms with Gasteiger partial charge in [-0.15, -0.1) is 0 Å². The van der Waals surface area contributed by atoms with Gasteiger partial charge in [-0.05, 0) is 19.1 Å². The third-order valence-corrected chi connectivity index (χ3v) is 3.04. The van der Waals surface area contributed by atoms with Gasteiger partial charge in [0.25, 0.3) is 0 Å². The van der Waals surface area contributed by atoms with Gasteiger partial charge in [0, 0.05) is 19.0 Å². The molecule has 1 aromatic carbocycles. The average molecular weight is 266 g/mol. The van der Waals surface area contributed by atoms with Crippen LogP contribution in [-0.4, -0.2) is 25.0 Å². The van der Waals surface area contributed by atoms with Crippen molar-refractivity contribution in [3.8, 4) is 5.75 Å². The van der Waals surface area contributed by atoms with E-state index in [1.807, 2.05) is 0 Å². The molecule has 1 fully saturated rings. The Kier molecular flexibility index (Phi) is 3.69. The Bertz CT molecular complexity index is 519. The molecule has 1 aliphatic rings. The van der Waals surface area contributed by atoms with Crippen molar-refractivity contribution in [3.05, 3.63) is 24.0 Å². The number of nitrogens with zero attached hydrogens (tertiary/aromatic N) is 1. The summed E-state index contributed by atoms with van der Waals surface area (Å²) in [4.78, 5) is 24.5. The zero-order valence-electron chi connectivity index (χ0n) is 10.6. The summed E-state index contributed by atoms with van der Waals surface area (Å²) in [5.41, 5.74) is 5.68. The maximum atomic E-state index is 13.2. The van der Waals surface area contributed by atoms with Crippen LogP contribution in [0.3, 0.4) is 0 Å². The molecule has 0 spiro atoms. The predicted octanol–water partition coefficient (Wildman–Crippen LogP) is 1.06. The first-order valence-electron chi connectivity index (χ1n) is 6.05. The largest absolute Gasteiger partial charge is 0.492 e. The summed E-state index contributed by atoms with van der Waals surface area (Å²) < 4.78 is 18.5. The number of hydrogen-bond acceptors (Lipinski definition) is 3. The van der Waals surface area contributed by atoms with Crippen molar-refractivity contribution in [1.82, 2.24) is 0 Å². The summed E-state index contributed by atoms with van der Waals surface area (Å²) in [6, 6.07) is 3.95. The van der Waals surface area contributed by atoms with Crippen molar-refractivity contribution >= 4 is 17.5 Å². The van der Waals surface area contributed by atoms with E-state index < -0.39 is 17.6 Å². The number of rotatable bonds is 4. The van der Waals surface area contributed by atoms with Crippen LogP contribution in [0.5, 0.6) is 5.75 Å². The lowest BCUT2D eigenvalue weighted by atomic mass is 10.1. The van der Waals surface area contributed by atoms with E-state index in [0.717, 1.165) is 0 Å². The van der Waals surface area contributed by atoms with Crippen molar-refractivity contribution < 1.29 is 18.7 Å². The highest BCUT2D eigenvalue weighted by molar-refractivity contribution is 6.01. The second-order valence-electron chi connectivity index (χ2n) is 4.35. The van der Waals surface area contributed by atoms with Crippen LogP contribution in [0.2, 0.25) is 0 Å². The maximum absolute atomic E-state index is 13.2. The number of benzene rings is 1. The number of anilines is 1. The van der Waals surface area contributed by atoms with E-state index in [-0.39, 0.29) is 18.9 Å². The van der Waals surface area contributed by atoms with Crippen LogP contribution < -0.4 is 15.4 Å². The van der Waals surface area contributed by atoms with Gasteiger partial charge in [0.05, 0.1) is 18.2 Å². The number of primary amides is 1. The zero-order valence-corrected chi connectivity index (χ0v) is 10.6. The lowest BCUT2D eigenvalue weighted by Crippen LogP contribution is -2.28. The fourth-order valence-electron chi connectivity index (χ4n) is 2.11. The number of nitrogens with two attached hydrogens (primary N) is 1. The minimum Gasteiger partial charge on any atom is -0.492 e. The molecule has 1 aromatic rings. The molecule has 1 saturated heterocycles. The van der Waals surface area contributed by atoms with Crippen LogP contribution in [0.25, 0.3) is 0 Å². The molecule has 102 valence electrons. The number of carbonyl (C=O) groups is 2. The van der Waals surface area contributed by atoms with Gasteiger partial charge in [-0.25, -0.2) is 4.39 Å². The fourth-order valence-corrected chi connectivity index (χ4v) is 2.11. The second kappa shape index (κ2) is 5.26. The summed E-state index contributed by atoms with van der Waals surface area (Å²) in [5.74, 6) is -1.37. The Balaban J connectivity index is 2.31. The lowest BCUT2D eigenvalue weighted by molar-refractivity contribution is -0.123. The zero-order chi connectivity index (χ0) is 14.0. The van der Waals surface area contributed by atoms with Crippen LogP contribution in [0.15, 0.2) is 18.2 Å². The highest BCUT2D eigenvalue weighted by Crippen LogP contribution is 2.33. The molecule has 1 aliphatic heterocycles. The van der Waals surface area contributed by atoms with Crippen molar-refractivity contribution in [2.45, 2.75) is 13.3 Å². The van der Waals surface area contributed by atoms with Gasteiger partial charge >= 0.3 is 0 Å². The van der Waals surface area contributed by atoms with Crippen molar-refractivity contribution in [2.24, 2.45) is 11.7 Å². The summed E-state index contributed by atoms with van der Waals surface area (Å²) >= 11 is 0. The summed E-state index contributed by atoms with van der Waals surface area (Å²) in [5, 5.41) is 0. The molecule has 1 heterocycles. The summed E-state index contributed by atoms with van der Waals surface area (Å²) in [6.45, 7) is 2.34. The Labute approximate surface area is 110 Å². The normalized spacial score (nSPS) is 18.7. The highest BCUT2D eigenvalue weighted by atomic mass is 19.1. The highest BCUT2D eigenvalue weighted by Gasteiger charge is 2.35. The van der Waals surface area contributed by atoms with Gasteiger partial charge < -0.3 is 15.4 Å². The minimum atomic E-state index is -0.507. The molecule has 5 nitrogen and oxygen atoms in total. The molecule has 1 atom stereocenters. The van der Waals surface area contributed by atoms with E-state index in [0.29, 0.717) is 18.0 Å². The Morgan fingerprint density at radius 2 is 2.32 bits per heavy atom. The molecule has 0 bridgehead atoms. The molecule has 0 aromatic heterocycles. The third kappa shape index (κ3) is 2.67. The topological polar surface area (TPSA) is 72.6 Å². The van der Waals surface area contributed by atoms with Crippen LogP contribution in [-0.2, 0) is 9.59 Å². The number of carbonyl (C=O) groups excluding carboxylic acids is 2. The first-order chi connectivity index (χ1) is 9.02. The molecule has 2 N–H and O–H groups in total. The smallest absolute Gasteiger partial charge is 0.227 e. The van der Waals surface area contributed by atoms with Crippen molar-refractivity contribution in [1.29, 1.82) is 0 Å². The first kappa shape index (κ1) is 13.3. The Hall–Kier alpha value is -2.11. The maximum Gasteiger partial charge on any atom is 0.227 e. The fraction of sp³-hybridized carbons (Fsp3) is 0.385. The van der Waals surface area contributed by atoms with Gasteiger partial charge in [-0.2, -0.15) is 0 Å². The third-order valence-electron chi connectivity index (χ3n) is 3.04. The quantitative estimate of drug-likeness (QED) is 0.885. The van der Waals surface area contributed by atoms with Crippen LogP contribution in [0, 0.1) is 11.7 Å². The van der Waals surface area contributed by atoms with E-state index >= 15 is 0 Å². The predicted molar refractivity (Wildman–Crippen MR) is 67.2 cm³/mol. The van der Waals surface area contributed by atoms with E-state index in [9.17, 15) is 14.0 Å². The van der Waals surface area contributed by atoms with Crippen LogP contribution >= 0.6 is 0 Å². The SMILES string of the molecule is CCOc1cc(F)ccc1N1CC(C(N)=O)CC1=O. The molecule has 1 unspecified atom stereocenters. The molecule has 19 heavy (non-hydrogen) atoms. The Morgan fingerprint density at radius 1 is 1.58 bits per heavy atom. The van der Waals surface area contributed by atoms with Crippen LogP contribution in [0.4, 0.5) is 10.1 Å². The molecule has 2 amide bonds. The molecule has 0 aliphatic carbocycles. The van der Waals surface area contributed by atoms with E-state index in [1.165, 1.54) is 23.1 Å². The summed E-state index contributed by atoms with van der Waals surface area (Å²) in [7, 11) is 0. The summed E-state index contributed by atoms with van der Waals surface area (Å²) in [6.07, 6.45) is 0.0816. The standard InChI is InChI=1S/C13H15FN2O3/c1-2-19-11-6-9(14)3-4-10(11)16-7-8(13(15)18)5-12(16)17/h3-4,6,8H,2,5,7H2,1H3,(H2,15,18). The average Bonchev–Trinajstić information content (AvgIpc) is 2.72. The molecule has 0 radical (unpaired) electrons. The number of hydrogen-bond donors (Lipinski definition) is 1. The van der Waals surface area contributed by atoms with Crippen molar-refractivity contribution in [2.75, 3.05) is 18.1 Å². The minimum absolute atomic E-state index is 0.0816. The molecule has 0 saturated carbocycles. The van der Waals surface area contributed by atoms with Gasteiger partial charge in [-0.1, -0.05) is 0 Å². The number of amides is 2. The van der Waals surface area contributed by atoms with Gasteiger partial charge in [-0.3, -0.25) is 9.59 Å². The van der Waals surface area contributed by atoms with E-state index in [4.69, 9.17) is 10.5 Å². The lowest BCUT2D eigenvalue weighted by Gasteiger charge is -2.19. The molecule has 2 rings (SSSR count). The second-order valence-corrected chi connectivity index (χ2v) is 4.35. The van der Waals surface area contributed by atoms with Gasteiger partial charge in [0.15, 0.2) is 0 Å². The van der Waals surface area contributed by atoms with Gasteiger partial charge in [0.2, 0.25) is 11.8 Å².